The minimum atomic E-state index is 0.696. The van der Waals surface area contributed by atoms with Crippen molar-refractivity contribution in [1.82, 2.24) is 10.2 Å². The van der Waals surface area contributed by atoms with Crippen molar-refractivity contribution in [2.75, 3.05) is 38.6 Å². The Labute approximate surface area is 117 Å². The zero-order valence-corrected chi connectivity index (χ0v) is 12.7. The van der Waals surface area contributed by atoms with Gasteiger partial charge in [0.1, 0.15) is 0 Å². The molecule has 0 amide bonds. The number of hydrogen-bond acceptors (Lipinski definition) is 3. The number of hydrogen-bond donors (Lipinski definition) is 1. The van der Waals surface area contributed by atoms with Crippen LogP contribution in [0.2, 0.25) is 0 Å². The van der Waals surface area contributed by atoms with E-state index in [0.717, 1.165) is 19.6 Å². The molecule has 1 atom stereocenters. The summed E-state index contributed by atoms with van der Waals surface area (Å²) in [6, 6.07) is 7.58. The highest BCUT2D eigenvalue weighted by molar-refractivity contribution is 5.51. The number of aryl methyl sites for hydroxylation is 1. The Kier molecular flexibility index (Phi) is 4.83. The van der Waals surface area contributed by atoms with E-state index in [0.29, 0.717) is 6.04 Å². The van der Waals surface area contributed by atoms with Crippen molar-refractivity contribution in [1.29, 1.82) is 0 Å². The van der Waals surface area contributed by atoms with E-state index in [1.165, 1.54) is 29.8 Å². The van der Waals surface area contributed by atoms with Gasteiger partial charge in [0.25, 0.3) is 0 Å². The molecule has 1 N–H and O–H groups in total. The number of nitrogens with zero attached hydrogens (tertiary/aromatic N) is 2. The fourth-order valence-electron chi connectivity index (χ4n) is 2.73. The van der Waals surface area contributed by atoms with Crippen molar-refractivity contribution >= 4 is 5.69 Å². The summed E-state index contributed by atoms with van der Waals surface area (Å²) in [6.07, 6.45) is 1.27. The van der Waals surface area contributed by atoms with Crippen molar-refractivity contribution in [2.45, 2.75) is 32.9 Å². The highest BCUT2D eigenvalue weighted by atomic mass is 15.2. The number of likely N-dealkylation sites (N-methyl/N-ethyl adjacent to an activating group) is 1. The van der Waals surface area contributed by atoms with E-state index in [9.17, 15) is 0 Å². The lowest BCUT2D eigenvalue weighted by atomic mass is 10.1. The molecule has 0 aliphatic carbocycles. The van der Waals surface area contributed by atoms with Crippen LogP contribution in [0.3, 0.4) is 0 Å². The van der Waals surface area contributed by atoms with Crippen LogP contribution in [-0.2, 0) is 6.54 Å². The maximum Gasteiger partial charge on any atom is 0.0369 e. The summed E-state index contributed by atoms with van der Waals surface area (Å²) in [4.78, 5) is 4.85. The first kappa shape index (κ1) is 14.4. The maximum atomic E-state index is 3.40. The Morgan fingerprint density at radius 3 is 2.74 bits per heavy atom. The molecular formula is C16H27N3. The standard InChI is InChI=1S/C16H27N3/c1-5-17-11-14-6-7-15(10-13(14)2)19-9-8-16(12-19)18(3)4/h6-7,10,16-17H,5,8-9,11-12H2,1-4H3. The fraction of sp³-hybridized carbons (Fsp3) is 0.625. The molecule has 1 saturated heterocycles. The van der Waals surface area contributed by atoms with Crippen LogP contribution in [0.4, 0.5) is 5.69 Å². The molecule has 0 saturated carbocycles. The van der Waals surface area contributed by atoms with E-state index >= 15 is 0 Å². The molecule has 1 heterocycles. The first-order valence-electron chi connectivity index (χ1n) is 7.33. The highest BCUT2D eigenvalue weighted by Crippen LogP contribution is 2.24. The minimum absolute atomic E-state index is 0.696. The first-order chi connectivity index (χ1) is 9.11. The van der Waals surface area contributed by atoms with Gasteiger partial charge in [-0.05, 0) is 57.2 Å². The smallest absolute Gasteiger partial charge is 0.0369 e. The number of rotatable bonds is 5. The third-order valence-corrected chi connectivity index (χ3v) is 4.15. The third-order valence-electron chi connectivity index (χ3n) is 4.15. The summed E-state index contributed by atoms with van der Waals surface area (Å²) in [6.45, 7) is 8.69. The van der Waals surface area contributed by atoms with Crippen molar-refractivity contribution in [3.63, 3.8) is 0 Å². The van der Waals surface area contributed by atoms with Gasteiger partial charge in [0.15, 0.2) is 0 Å². The Hall–Kier alpha value is -1.06. The summed E-state index contributed by atoms with van der Waals surface area (Å²) in [5, 5.41) is 3.40. The monoisotopic (exact) mass is 261 g/mol. The summed E-state index contributed by atoms with van der Waals surface area (Å²) >= 11 is 0. The molecule has 1 aromatic carbocycles. The van der Waals surface area contributed by atoms with Gasteiger partial charge >= 0.3 is 0 Å². The van der Waals surface area contributed by atoms with Crippen molar-refractivity contribution in [3.05, 3.63) is 29.3 Å². The molecule has 1 fully saturated rings. The predicted octanol–water partition coefficient (Wildman–Crippen LogP) is 2.24. The Balaban J connectivity index is 2.04. The molecule has 2 rings (SSSR count). The van der Waals surface area contributed by atoms with Crippen LogP contribution in [0.1, 0.15) is 24.5 Å². The molecule has 106 valence electrons. The van der Waals surface area contributed by atoms with Crippen LogP contribution in [0.5, 0.6) is 0 Å². The number of anilines is 1. The molecule has 0 radical (unpaired) electrons. The van der Waals surface area contributed by atoms with Gasteiger partial charge in [-0.2, -0.15) is 0 Å². The molecule has 1 aliphatic rings. The van der Waals surface area contributed by atoms with E-state index in [-0.39, 0.29) is 0 Å². The lowest BCUT2D eigenvalue weighted by Gasteiger charge is -2.22. The quantitative estimate of drug-likeness (QED) is 0.877. The van der Waals surface area contributed by atoms with Gasteiger partial charge in [-0.1, -0.05) is 13.0 Å². The van der Waals surface area contributed by atoms with Gasteiger partial charge < -0.3 is 15.1 Å². The van der Waals surface area contributed by atoms with Crippen LogP contribution < -0.4 is 10.2 Å². The van der Waals surface area contributed by atoms with Gasteiger partial charge in [-0.25, -0.2) is 0 Å². The fourth-order valence-corrected chi connectivity index (χ4v) is 2.73. The summed E-state index contributed by atoms with van der Waals surface area (Å²) in [5.41, 5.74) is 4.18. The van der Waals surface area contributed by atoms with Gasteiger partial charge in [0, 0.05) is 31.4 Å². The zero-order valence-electron chi connectivity index (χ0n) is 12.7. The molecule has 1 aromatic rings. The number of nitrogens with one attached hydrogen (secondary N) is 1. The Bertz CT molecular complexity index is 414. The highest BCUT2D eigenvalue weighted by Gasteiger charge is 2.24. The van der Waals surface area contributed by atoms with Crippen LogP contribution in [0.25, 0.3) is 0 Å². The molecule has 1 unspecified atom stereocenters. The van der Waals surface area contributed by atoms with E-state index in [2.05, 4.69) is 61.3 Å². The molecule has 1 aliphatic heterocycles. The van der Waals surface area contributed by atoms with E-state index < -0.39 is 0 Å². The predicted molar refractivity (Wildman–Crippen MR) is 82.9 cm³/mol. The van der Waals surface area contributed by atoms with E-state index in [1.807, 2.05) is 0 Å². The van der Waals surface area contributed by atoms with Crippen molar-refractivity contribution in [3.8, 4) is 0 Å². The van der Waals surface area contributed by atoms with Crippen LogP contribution >= 0.6 is 0 Å². The van der Waals surface area contributed by atoms with Gasteiger partial charge in [-0.15, -0.1) is 0 Å². The lowest BCUT2D eigenvalue weighted by Crippen LogP contribution is -2.31. The Morgan fingerprint density at radius 2 is 2.16 bits per heavy atom. The lowest BCUT2D eigenvalue weighted by molar-refractivity contribution is 0.315. The average molecular weight is 261 g/mol. The summed E-state index contributed by atoms with van der Waals surface area (Å²) < 4.78 is 0. The summed E-state index contributed by atoms with van der Waals surface area (Å²) in [5.74, 6) is 0. The minimum Gasteiger partial charge on any atom is -0.370 e. The second kappa shape index (κ2) is 6.40. The number of benzene rings is 1. The van der Waals surface area contributed by atoms with Crippen LogP contribution in [0.15, 0.2) is 18.2 Å². The van der Waals surface area contributed by atoms with Crippen LogP contribution in [-0.4, -0.2) is 44.7 Å². The summed E-state index contributed by atoms with van der Waals surface area (Å²) in [7, 11) is 4.36. The SMILES string of the molecule is CCNCc1ccc(N2CCC(N(C)C)C2)cc1C. The molecule has 0 aromatic heterocycles. The second-order valence-electron chi connectivity index (χ2n) is 5.74. The molecular weight excluding hydrogens is 234 g/mol. The molecule has 19 heavy (non-hydrogen) atoms. The molecule has 0 spiro atoms. The van der Waals surface area contributed by atoms with E-state index in [1.54, 1.807) is 0 Å². The van der Waals surface area contributed by atoms with Crippen molar-refractivity contribution in [2.24, 2.45) is 0 Å². The maximum absolute atomic E-state index is 3.40. The van der Waals surface area contributed by atoms with Crippen molar-refractivity contribution < 1.29 is 0 Å². The normalized spacial score (nSPS) is 19.4. The second-order valence-corrected chi connectivity index (χ2v) is 5.74. The first-order valence-corrected chi connectivity index (χ1v) is 7.33. The van der Waals surface area contributed by atoms with E-state index in [4.69, 9.17) is 0 Å². The van der Waals surface area contributed by atoms with Gasteiger partial charge in [-0.3, -0.25) is 0 Å². The Morgan fingerprint density at radius 1 is 1.37 bits per heavy atom. The van der Waals surface area contributed by atoms with Crippen LogP contribution in [0, 0.1) is 6.92 Å². The van der Waals surface area contributed by atoms with Gasteiger partial charge in [0.2, 0.25) is 0 Å². The zero-order chi connectivity index (χ0) is 13.8. The van der Waals surface area contributed by atoms with Gasteiger partial charge in [0.05, 0.1) is 0 Å². The third kappa shape index (κ3) is 3.48. The topological polar surface area (TPSA) is 18.5 Å². The molecule has 3 heteroatoms. The molecule has 0 bridgehead atoms. The average Bonchev–Trinajstić information content (AvgIpc) is 2.87. The largest absolute Gasteiger partial charge is 0.370 e. The molecule has 3 nitrogen and oxygen atoms in total.